The van der Waals surface area contributed by atoms with E-state index in [0.717, 1.165) is 50.5 Å². The van der Waals surface area contributed by atoms with Crippen molar-refractivity contribution in [3.8, 4) is 0 Å². The predicted octanol–water partition coefficient (Wildman–Crippen LogP) is 2.74. The number of aromatic nitrogens is 2. The van der Waals surface area contributed by atoms with E-state index in [1.54, 1.807) is 6.07 Å². The van der Waals surface area contributed by atoms with Gasteiger partial charge in [-0.2, -0.15) is 0 Å². The number of rotatable bonds is 6. The number of morpholine rings is 1. The first-order chi connectivity index (χ1) is 13.0. The normalized spacial score (nSPS) is 14.8. The maximum absolute atomic E-state index is 12.6. The van der Waals surface area contributed by atoms with Crippen molar-refractivity contribution in [3.05, 3.63) is 46.4 Å². The van der Waals surface area contributed by atoms with E-state index in [9.17, 15) is 4.79 Å². The maximum Gasteiger partial charge on any atom is 0.274 e. The average Bonchev–Trinajstić information content (AvgIpc) is 2.65. The van der Waals surface area contributed by atoms with Gasteiger partial charge in [0.25, 0.3) is 5.91 Å². The molecule has 1 aliphatic heterocycles. The highest BCUT2D eigenvalue weighted by Crippen LogP contribution is 2.27. The molecule has 0 atom stereocenters. The summed E-state index contributed by atoms with van der Waals surface area (Å²) in [6, 6.07) is 5.44. The molecule has 1 saturated heterocycles. The summed E-state index contributed by atoms with van der Waals surface area (Å²) in [6.07, 6.45) is 1.38. The van der Waals surface area contributed by atoms with Gasteiger partial charge in [0.2, 0.25) is 0 Å². The first-order valence-electron chi connectivity index (χ1n) is 8.97. The van der Waals surface area contributed by atoms with Gasteiger partial charge in [0.1, 0.15) is 17.8 Å². The van der Waals surface area contributed by atoms with Gasteiger partial charge in [0.15, 0.2) is 0 Å². The van der Waals surface area contributed by atoms with Crippen LogP contribution in [0.3, 0.4) is 0 Å². The van der Waals surface area contributed by atoms with Crippen LogP contribution in [0.1, 0.15) is 21.6 Å². The quantitative estimate of drug-likeness (QED) is 0.790. The standard InChI is InChI=1S/C19H24ClN5O2/c1-13-9-14(2)18(15(20)10-13)24-19(26)16-11-17(23-12-22-16)21-3-4-25-5-7-27-8-6-25/h9-12H,3-8H2,1-2H3,(H,24,26)(H,21,22,23). The van der Waals surface area contributed by atoms with Gasteiger partial charge in [0, 0.05) is 32.2 Å². The number of halogens is 1. The van der Waals surface area contributed by atoms with Crippen LogP contribution >= 0.6 is 11.6 Å². The van der Waals surface area contributed by atoms with Gasteiger partial charge in [-0.1, -0.05) is 17.7 Å². The Bertz CT molecular complexity index is 785. The lowest BCUT2D eigenvalue weighted by molar-refractivity contribution is 0.0398. The Morgan fingerprint density at radius 1 is 1.22 bits per heavy atom. The molecule has 0 aliphatic carbocycles. The van der Waals surface area contributed by atoms with E-state index in [4.69, 9.17) is 16.3 Å². The van der Waals surface area contributed by atoms with Crippen LogP contribution in [0, 0.1) is 13.8 Å². The highest BCUT2D eigenvalue weighted by atomic mass is 35.5. The minimum atomic E-state index is -0.317. The van der Waals surface area contributed by atoms with Crippen molar-refractivity contribution in [2.24, 2.45) is 0 Å². The average molecular weight is 390 g/mol. The van der Waals surface area contributed by atoms with Gasteiger partial charge >= 0.3 is 0 Å². The first kappa shape index (κ1) is 19.5. The zero-order valence-corrected chi connectivity index (χ0v) is 16.3. The summed E-state index contributed by atoms with van der Waals surface area (Å²) in [6.45, 7) is 8.94. The van der Waals surface area contributed by atoms with E-state index in [2.05, 4.69) is 25.5 Å². The lowest BCUT2D eigenvalue weighted by Crippen LogP contribution is -2.39. The van der Waals surface area contributed by atoms with Crippen LogP contribution < -0.4 is 10.6 Å². The van der Waals surface area contributed by atoms with E-state index in [0.29, 0.717) is 16.5 Å². The van der Waals surface area contributed by atoms with Gasteiger partial charge < -0.3 is 15.4 Å². The summed E-state index contributed by atoms with van der Waals surface area (Å²) in [7, 11) is 0. The number of ether oxygens (including phenoxy) is 1. The molecular weight excluding hydrogens is 366 g/mol. The molecule has 1 aliphatic rings. The molecule has 7 nitrogen and oxygen atoms in total. The van der Waals surface area contributed by atoms with E-state index >= 15 is 0 Å². The fourth-order valence-corrected chi connectivity index (χ4v) is 3.37. The highest BCUT2D eigenvalue weighted by Gasteiger charge is 2.14. The number of hydrogen-bond donors (Lipinski definition) is 2. The molecule has 0 bridgehead atoms. The molecule has 0 radical (unpaired) electrons. The summed E-state index contributed by atoms with van der Waals surface area (Å²) in [5.41, 5.74) is 2.85. The molecule has 0 saturated carbocycles. The molecule has 1 aromatic heterocycles. The summed E-state index contributed by atoms with van der Waals surface area (Å²) in [4.78, 5) is 23.2. The molecule has 3 rings (SSSR count). The number of nitrogens with one attached hydrogen (secondary N) is 2. The van der Waals surface area contributed by atoms with Crippen LogP contribution in [0.4, 0.5) is 11.5 Å². The van der Waals surface area contributed by atoms with Crippen LogP contribution in [0.15, 0.2) is 24.5 Å². The largest absolute Gasteiger partial charge is 0.379 e. The third kappa shape index (κ3) is 5.38. The van der Waals surface area contributed by atoms with Crippen molar-refractivity contribution < 1.29 is 9.53 Å². The topological polar surface area (TPSA) is 79.4 Å². The molecule has 2 aromatic rings. The van der Waals surface area contributed by atoms with Crippen molar-refractivity contribution in [1.82, 2.24) is 14.9 Å². The number of amides is 1. The molecule has 144 valence electrons. The van der Waals surface area contributed by atoms with Crippen LogP contribution in [0.25, 0.3) is 0 Å². The van der Waals surface area contributed by atoms with Gasteiger partial charge in [-0.3, -0.25) is 9.69 Å². The molecule has 2 N–H and O–H groups in total. The van der Waals surface area contributed by atoms with Gasteiger partial charge in [-0.15, -0.1) is 0 Å². The Kier molecular flexibility index (Phi) is 6.60. The first-order valence-corrected chi connectivity index (χ1v) is 9.35. The smallest absolute Gasteiger partial charge is 0.274 e. The summed E-state index contributed by atoms with van der Waals surface area (Å²) in [5, 5.41) is 6.60. The molecule has 0 unspecified atom stereocenters. The highest BCUT2D eigenvalue weighted by molar-refractivity contribution is 6.34. The predicted molar refractivity (Wildman–Crippen MR) is 107 cm³/mol. The Balaban J connectivity index is 1.60. The lowest BCUT2D eigenvalue weighted by atomic mass is 10.1. The van der Waals surface area contributed by atoms with E-state index in [1.165, 1.54) is 6.33 Å². The second-order valence-electron chi connectivity index (χ2n) is 6.56. The monoisotopic (exact) mass is 389 g/mol. The number of carbonyl (C=O) groups excluding carboxylic acids is 1. The molecule has 1 aromatic carbocycles. The van der Waals surface area contributed by atoms with Crippen molar-refractivity contribution >= 4 is 29.0 Å². The minimum Gasteiger partial charge on any atom is -0.379 e. The van der Waals surface area contributed by atoms with Gasteiger partial charge in [-0.05, 0) is 31.0 Å². The Morgan fingerprint density at radius 3 is 2.74 bits per heavy atom. The Hall–Kier alpha value is -2.22. The Morgan fingerprint density at radius 2 is 2.00 bits per heavy atom. The molecule has 0 spiro atoms. The lowest BCUT2D eigenvalue weighted by Gasteiger charge is -2.26. The molecule has 8 heteroatoms. The minimum absolute atomic E-state index is 0.287. The van der Waals surface area contributed by atoms with E-state index in [-0.39, 0.29) is 11.6 Å². The van der Waals surface area contributed by atoms with Crippen molar-refractivity contribution in [1.29, 1.82) is 0 Å². The number of benzene rings is 1. The molecule has 27 heavy (non-hydrogen) atoms. The number of hydrogen-bond acceptors (Lipinski definition) is 6. The molecular formula is C19H24ClN5O2. The number of anilines is 2. The number of aryl methyl sites for hydroxylation is 2. The SMILES string of the molecule is Cc1cc(C)c(NC(=O)c2cc(NCCN3CCOCC3)ncn2)c(Cl)c1. The zero-order chi connectivity index (χ0) is 19.2. The van der Waals surface area contributed by atoms with Crippen molar-refractivity contribution in [2.75, 3.05) is 50.0 Å². The summed E-state index contributed by atoms with van der Waals surface area (Å²) < 4.78 is 5.34. The molecule has 2 heterocycles. The number of carbonyl (C=O) groups is 1. The Labute approximate surface area is 164 Å². The van der Waals surface area contributed by atoms with Crippen LogP contribution in [-0.4, -0.2) is 60.2 Å². The van der Waals surface area contributed by atoms with Crippen LogP contribution in [0.2, 0.25) is 5.02 Å². The van der Waals surface area contributed by atoms with E-state index < -0.39 is 0 Å². The second-order valence-corrected chi connectivity index (χ2v) is 6.97. The zero-order valence-electron chi connectivity index (χ0n) is 15.6. The van der Waals surface area contributed by atoms with E-state index in [1.807, 2.05) is 26.0 Å². The van der Waals surface area contributed by atoms with Crippen LogP contribution in [0.5, 0.6) is 0 Å². The van der Waals surface area contributed by atoms with Gasteiger partial charge in [-0.25, -0.2) is 9.97 Å². The van der Waals surface area contributed by atoms with Crippen molar-refractivity contribution in [2.45, 2.75) is 13.8 Å². The summed E-state index contributed by atoms with van der Waals surface area (Å²) >= 11 is 6.27. The fraction of sp³-hybridized carbons (Fsp3) is 0.421. The third-order valence-electron chi connectivity index (χ3n) is 4.41. The third-order valence-corrected chi connectivity index (χ3v) is 4.71. The number of nitrogens with zero attached hydrogens (tertiary/aromatic N) is 3. The summed E-state index contributed by atoms with van der Waals surface area (Å²) in [5.74, 6) is 0.303. The van der Waals surface area contributed by atoms with Crippen molar-refractivity contribution in [3.63, 3.8) is 0 Å². The van der Waals surface area contributed by atoms with Gasteiger partial charge in [0.05, 0.1) is 23.9 Å². The second kappa shape index (κ2) is 9.12. The van der Waals surface area contributed by atoms with Crippen LogP contribution in [-0.2, 0) is 4.74 Å². The molecule has 1 fully saturated rings. The maximum atomic E-state index is 12.6. The fourth-order valence-electron chi connectivity index (χ4n) is 3.00. The molecule has 1 amide bonds.